The Bertz CT molecular complexity index is 1580. The molecule has 5 rings (SSSR count). The molecular formula is C31H29N5O4. The van der Waals surface area contributed by atoms with Crippen molar-refractivity contribution < 1.29 is 19.1 Å². The van der Waals surface area contributed by atoms with Gasteiger partial charge in [-0.15, -0.1) is 5.10 Å². The van der Waals surface area contributed by atoms with E-state index >= 15 is 0 Å². The highest BCUT2D eigenvalue weighted by molar-refractivity contribution is 5.98. The summed E-state index contributed by atoms with van der Waals surface area (Å²) >= 11 is 0. The molecule has 2 amide bonds. The van der Waals surface area contributed by atoms with E-state index in [0.29, 0.717) is 28.3 Å². The minimum absolute atomic E-state index is 0.0875. The predicted molar refractivity (Wildman–Crippen MR) is 152 cm³/mol. The summed E-state index contributed by atoms with van der Waals surface area (Å²) in [6, 6.07) is 30.3. The van der Waals surface area contributed by atoms with Crippen LogP contribution in [0.4, 0.5) is 5.69 Å². The number of hydrogen-bond acceptors (Lipinski definition) is 6. The number of amides is 2. The molecular weight excluding hydrogens is 506 g/mol. The van der Waals surface area contributed by atoms with Gasteiger partial charge >= 0.3 is 0 Å². The minimum atomic E-state index is -0.923. The third-order valence-corrected chi connectivity index (χ3v) is 6.57. The lowest BCUT2D eigenvalue weighted by molar-refractivity contribution is -0.140. The summed E-state index contributed by atoms with van der Waals surface area (Å²) < 4.78 is 12.1. The zero-order chi connectivity index (χ0) is 27.9. The van der Waals surface area contributed by atoms with Gasteiger partial charge in [-0.1, -0.05) is 59.8 Å². The number of hydrogen-bond donors (Lipinski definition) is 1. The molecule has 1 atom stereocenters. The van der Waals surface area contributed by atoms with Gasteiger partial charge in [0, 0.05) is 12.2 Å². The number of rotatable bonds is 10. The van der Waals surface area contributed by atoms with Crippen LogP contribution >= 0.6 is 0 Å². The summed E-state index contributed by atoms with van der Waals surface area (Å²) in [5.74, 6) is 0.744. The second-order valence-corrected chi connectivity index (χ2v) is 9.14. The van der Waals surface area contributed by atoms with E-state index in [1.165, 1.54) is 0 Å². The first-order valence-corrected chi connectivity index (χ1v) is 12.8. The number of fused-ring (bicyclic) bond motifs is 1. The van der Waals surface area contributed by atoms with Crippen LogP contribution in [0.15, 0.2) is 103 Å². The number of ether oxygens (including phenoxy) is 2. The lowest BCUT2D eigenvalue weighted by Crippen LogP contribution is -2.42. The third kappa shape index (κ3) is 5.94. The van der Waals surface area contributed by atoms with Crippen molar-refractivity contribution in [1.29, 1.82) is 0 Å². The van der Waals surface area contributed by atoms with Gasteiger partial charge in [0.05, 0.1) is 19.7 Å². The summed E-state index contributed by atoms with van der Waals surface area (Å²) in [6.07, 6.45) is 0. The molecule has 4 aromatic carbocycles. The Morgan fingerprint density at radius 3 is 2.12 bits per heavy atom. The first-order valence-electron chi connectivity index (χ1n) is 12.8. The fraction of sp³-hybridized carbons (Fsp3) is 0.161. The summed E-state index contributed by atoms with van der Waals surface area (Å²) in [7, 11) is 3.18. The maximum absolute atomic E-state index is 14.1. The van der Waals surface area contributed by atoms with E-state index in [2.05, 4.69) is 15.6 Å². The molecule has 1 aromatic heterocycles. The van der Waals surface area contributed by atoms with Crippen molar-refractivity contribution in [3.8, 4) is 11.5 Å². The van der Waals surface area contributed by atoms with Crippen LogP contribution in [0.2, 0.25) is 0 Å². The van der Waals surface area contributed by atoms with Crippen molar-refractivity contribution in [2.45, 2.75) is 19.1 Å². The fourth-order valence-corrected chi connectivity index (χ4v) is 4.50. The van der Waals surface area contributed by atoms with Gasteiger partial charge in [-0.25, -0.2) is 4.68 Å². The molecule has 40 heavy (non-hydrogen) atoms. The maximum atomic E-state index is 14.1. The van der Waals surface area contributed by atoms with E-state index in [1.54, 1.807) is 48.1 Å². The van der Waals surface area contributed by atoms with E-state index < -0.39 is 6.04 Å². The normalized spacial score (nSPS) is 11.6. The zero-order valence-corrected chi connectivity index (χ0v) is 22.2. The summed E-state index contributed by atoms with van der Waals surface area (Å²) in [5.41, 5.74) is 3.54. The molecule has 202 valence electrons. The lowest BCUT2D eigenvalue weighted by Gasteiger charge is -2.31. The van der Waals surface area contributed by atoms with Crippen LogP contribution in [-0.2, 0) is 22.7 Å². The smallest absolute Gasteiger partial charge is 0.251 e. The van der Waals surface area contributed by atoms with Gasteiger partial charge in [0.15, 0.2) is 0 Å². The van der Waals surface area contributed by atoms with Gasteiger partial charge in [-0.3, -0.25) is 9.59 Å². The van der Waals surface area contributed by atoms with Gasteiger partial charge in [-0.05, 0) is 59.7 Å². The van der Waals surface area contributed by atoms with E-state index in [0.717, 1.165) is 11.1 Å². The van der Waals surface area contributed by atoms with Gasteiger partial charge in [0.1, 0.15) is 29.6 Å². The topological polar surface area (TPSA) is 98.6 Å². The van der Waals surface area contributed by atoms with Crippen LogP contribution in [0.5, 0.6) is 11.5 Å². The average Bonchev–Trinajstić information content (AvgIpc) is 3.40. The van der Waals surface area contributed by atoms with Crippen molar-refractivity contribution >= 4 is 28.5 Å². The number of anilines is 1. The van der Waals surface area contributed by atoms with Gasteiger partial charge in [-0.2, -0.15) is 0 Å². The molecule has 0 aliphatic carbocycles. The van der Waals surface area contributed by atoms with E-state index in [4.69, 9.17) is 9.47 Å². The number of methoxy groups -OCH3 is 2. The summed E-state index contributed by atoms with van der Waals surface area (Å²) in [6.45, 7) is 0.0981. The molecule has 0 fully saturated rings. The molecule has 1 unspecified atom stereocenters. The number of nitrogens with zero attached hydrogens (tertiary/aromatic N) is 4. The molecule has 5 aromatic rings. The SMILES string of the molecule is COc1ccc(CN(C(=O)Cn2nnc3ccccc32)C(C(=O)Nc2ccc(OC)cc2)c2ccccc2)cc1. The van der Waals surface area contributed by atoms with Crippen LogP contribution in [0.25, 0.3) is 11.0 Å². The molecule has 0 bridgehead atoms. The highest BCUT2D eigenvalue weighted by atomic mass is 16.5. The zero-order valence-electron chi connectivity index (χ0n) is 22.2. The quantitative estimate of drug-likeness (QED) is 0.274. The van der Waals surface area contributed by atoms with Crippen molar-refractivity contribution in [3.05, 3.63) is 114 Å². The van der Waals surface area contributed by atoms with Crippen LogP contribution in [-0.4, -0.2) is 45.9 Å². The Hall–Kier alpha value is -5.18. The van der Waals surface area contributed by atoms with Crippen LogP contribution in [0.1, 0.15) is 17.2 Å². The third-order valence-electron chi connectivity index (χ3n) is 6.57. The largest absolute Gasteiger partial charge is 0.497 e. The van der Waals surface area contributed by atoms with Crippen molar-refractivity contribution in [3.63, 3.8) is 0 Å². The molecule has 0 aliphatic heterocycles. The Labute approximate surface area is 231 Å². The fourth-order valence-electron chi connectivity index (χ4n) is 4.50. The number of benzene rings is 4. The van der Waals surface area contributed by atoms with Crippen molar-refractivity contribution in [2.75, 3.05) is 19.5 Å². The van der Waals surface area contributed by atoms with Crippen LogP contribution < -0.4 is 14.8 Å². The van der Waals surface area contributed by atoms with Crippen molar-refractivity contribution in [2.24, 2.45) is 0 Å². The molecule has 1 heterocycles. The standard InChI is InChI=1S/C31H29N5O4/c1-39-25-16-12-22(13-17-25)20-35(29(37)21-36-28-11-7-6-10-27(28)33-34-36)30(23-8-4-3-5-9-23)31(38)32-24-14-18-26(40-2)19-15-24/h3-19,30H,20-21H2,1-2H3,(H,32,38). The molecule has 0 saturated heterocycles. The monoisotopic (exact) mass is 535 g/mol. The molecule has 0 aliphatic rings. The molecule has 0 saturated carbocycles. The van der Waals surface area contributed by atoms with E-state index in [1.807, 2.05) is 78.9 Å². The Kier molecular flexibility index (Phi) is 8.01. The summed E-state index contributed by atoms with van der Waals surface area (Å²) in [4.78, 5) is 29.6. The highest BCUT2D eigenvalue weighted by Gasteiger charge is 2.32. The molecule has 9 heteroatoms. The second kappa shape index (κ2) is 12.1. The van der Waals surface area contributed by atoms with Crippen molar-refractivity contribution in [1.82, 2.24) is 19.9 Å². The number of nitrogens with one attached hydrogen (secondary N) is 1. The Morgan fingerprint density at radius 2 is 1.45 bits per heavy atom. The number of para-hydroxylation sites is 1. The minimum Gasteiger partial charge on any atom is -0.497 e. The van der Waals surface area contributed by atoms with Crippen LogP contribution in [0, 0.1) is 0 Å². The number of carbonyl (C=O) groups is 2. The van der Waals surface area contributed by atoms with Gasteiger partial charge < -0.3 is 19.7 Å². The first kappa shape index (κ1) is 26.4. The highest BCUT2D eigenvalue weighted by Crippen LogP contribution is 2.27. The first-order chi connectivity index (χ1) is 19.6. The summed E-state index contributed by atoms with van der Waals surface area (Å²) in [5, 5.41) is 11.4. The molecule has 1 N–H and O–H groups in total. The average molecular weight is 536 g/mol. The number of carbonyl (C=O) groups excluding carboxylic acids is 2. The number of aromatic nitrogens is 3. The van der Waals surface area contributed by atoms with Gasteiger partial charge in [0.25, 0.3) is 5.91 Å². The van der Waals surface area contributed by atoms with E-state index in [-0.39, 0.29) is 24.9 Å². The maximum Gasteiger partial charge on any atom is 0.251 e. The molecule has 0 spiro atoms. The lowest BCUT2D eigenvalue weighted by atomic mass is 10.0. The predicted octanol–water partition coefficient (Wildman–Crippen LogP) is 4.86. The molecule has 0 radical (unpaired) electrons. The Balaban J connectivity index is 1.52. The van der Waals surface area contributed by atoms with E-state index in [9.17, 15) is 9.59 Å². The second-order valence-electron chi connectivity index (χ2n) is 9.14. The Morgan fingerprint density at radius 1 is 0.825 bits per heavy atom. The van der Waals surface area contributed by atoms with Gasteiger partial charge in [0.2, 0.25) is 5.91 Å². The molecule has 9 nitrogen and oxygen atoms in total. The van der Waals surface area contributed by atoms with Crippen LogP contribution in [0.3, 0.4) is 0 Å².